The lowest BCUT2D eigenvalue weighted by molar-refractivity contribution is 0.510. The van der Waals surface area contributed by atoms with Gasteiger partial charge in [0.1, 0.15) is 5.82 Å². The first-order chi connectivity index (χ1) is 10.6. The van der Waals surface area contributed by atoms with Gasteiger partial charge >= 0.3 is 0 Å². The molecule has 0 fully saturated rings. The Morgan fingerprint density at radius 2 is 2.23 bits per heavy atom. The average Bonchev–Trinajstić information content (AvgIpc) is 2.90. The number of hydrogen-bond donors (Lipinski definition) is 1. The fourth-order valence-corrected chi connectivity index (χ4v) is 3.54. The Labute approximate surface area is 137 Å². The third-order valence-corrected chi connectivity index (χ3v) is 4.84. The molecule has 1 atom stereocenters. The van der Waals surface area contributed by atoms with Crippen molar-refractivity contribution in [3.63, 3.8) is 0 Å². The van der Waals surface area contributed by atoms with Crippen LogP contribution in [0.3, 0.4) is 0 Å². The van der Waals surface area contributed by atoms with Crippen LogP contribution in [0.15, 0.2) is 18.2 Å². The first kappa shape index (κ1) is 15.5. The van der Waals surface area contributed by atoms with Crippen LogP contribution in [0.4, 0.5) is 5.69 Å². The molecule has 1 N–H and O–H groups in total. The quantitative estimate of drug-likeness (QED) is 0.910. The molecule has 1 aliphatic rings. The predicted molar refractivity (Wildman–Crippen MR) is 89.5 cm³/mol. The van der Waals surface area contributed by atoms with Crippen molar-refractivity contribution in [2.24, 2.45) is 0 Å². The number of anilines is 1. The zero-order valence-electron chi connectivity index (χ0n) is 12.5. The molecule has 0 spiro atoms. The number of benzene rings is 1. The van der Waals surface area contributed by atoms with Crippen LogP contribution in [0.1, 0.15) is 30.1 Å². The maximum atomic E-state index is 11.4. The zero-order valence-corrected chi connectivity index (χ0v) is 14.1. The Bertz CT molecular complexity index is 701. The maximum absolute atomic E-state index is 11.4. The number of hydrogen-bond acceptors (Lipinski definition) is 4. The van der Waals surface area contributed by atoms with Gasteiger partial charge < -0.3 is 9.88 Å². The molecular formula is C15H19ClN4OS. The molecule has 1 aromatic carbocycles. The summed E-state index contributed by atoms with van der Waals surface area (Å²) in [4.78, 5) is 0. The summed E-state index contributed by atoms with van der Waals surface area (Å²) in [5, 5.41) is 12.5. The highest BCUT2D eigenvalue weighted by Gasteiger charge is 2.15. The Morgan fingerprint density at radius 3 is 3.05 bits per heavy atom. The van der Waals surface area contributed by atoms with E-state index < -0.39 is 10.8 Å². The standard InChI is InChI=1S/C15H19ClN4OS/c1-22(21)10-11-5-6-12(16)13(8-11)17-9-15-19-18-14-4-2-3-7-20(14)15/h5-6,8,17H,2-4,7,9-10H2,1H3. The molecule has 2 aromatic rings. The molecule has 0 saturated heterocycles. The summed E-state index contributed by atoms with van der Waals surface area (Å²) in [5.74, 6) is 2.55. The average molecular weight is 339 g/mol. The van der Waals surface area contributed by atoms with Crippen molar-refractivity contribution in [1.29, 1.82) is 0 Å². The maximum Gasteiger partial charge on any atom is 0.152 e. The van der Waals surface area contributed by atoms with Gasteiger partial charge in [-0.2, -0.15) is 0 Å². The van der Waals surface area contributed by atoms with E-state index >= 15 is 0 Å². The fraction of sp³-hybridized carbons (Fsp3) is 0.467. The SMILES string of the molecule is CS(=O)Cc1ccc(Cl)c(NCc2nnc3n2CCCC3)c1. The third-order valence-electron chi connectivity index (χ3n) is 3.77. The Kier molecular flexibility index (Phi) is 4.78. The summed E-state index contributed by atoms with van der Waals surface area (Å²) >= 11 is 6.24. The topological polar surface area (TPSA) is 59.8 Å². The lowest BCUT2D eigenvalue weighted by atomic mass is 10.1. The van der Waals surface area contributed by atoms with Crippen molar-refractivity contribution >= 4 is 28.1 Å². The van der Waals surface area contributed by atoms with Crippen molar-refractivity contribution < 1.29 is 4.21 Å². The second-order valence-electron chi connectivity index (χ2n) is 5.53. The van der Waals surface area contributed by atoms with Gasteiger partial charge in [0.05, 0.1) is 17.3 Å². The smallest absolute Gasteiger partial charge is 0.152 e. The molecular weight excluding hydrogens is 320 g/mol. The molecule has 1 aliphatic heterocycles. The van der Waals surface area contributed by atoms with Gasteiger partial charge in [0.2, 0.25) is 0 Å². The van der Waals surface area contributed by atoms with Crippen molar-refractivity contribution in [2.75, 3.05) is 11.6 Å². The lowest BCUT2D eigenvalue weighted by Crippen LogP contribution is -2.15. The van der Waals surface area contributed by atoms with Crippen molar-refractivity contribution in [3.05, 3.63) is 40.4 Å². The number of rotatable bonds is 5. The van der Waals surface area contributed by atoms with E-state index in [0.29, 0.717) is 17.3 Å². The molecule has 118 valence electrons. The third kappa shape index (κ3) is 3.50. The normalized spacial score (nSPS) is 15.4. The van der Waals surface area contributed by atoms with Gasteiger partial charge in [-0.15, -0.1) is 10.2 Å². The van der Waals surface area contributed by atoms with Crippen molar-refractivity contribution in [1.82, 2.24) is 14.8 Å². The lowest BCUT2D eigenvalue weighted by Gasteiger charge is -2.15. The van der Waals surface area contributed by atoms with Crippen LogP contribution >= 0.6 is 11.6 Å². The Morgan fingerprint density at radius 1 is 1.36 bits per heavy atom. The van der Waals surface area contributed by atoms with E-state index in [2.05, 4.69) is 20.1 Å². The second-order valence-corrected chi connectivity index (χ2v) is 7.37. The van der Waals surface area contributed by atoms with E-state index in [1.807, 2.05) is 18.2 Å². The second kappa shape index (κ2) is 6.79. The fourth-order valence-electron chi connectivity index (χ4n) is 2.71. The monoisotopic (exact) mass is 338 g/mol. The van der Waals surface area contributed by atoms with Gasteiger partial charge in [-0.25, -0.2) is 0 Å². The van der Waals surface area contributed by atoms with E-state index in [1.54, 1.807) is 6.26 Å². The van der Waals surface area contributed by atoms with Crippen LogP contribution in [0.2, 0.25) is 5.02 Å². The summed E-state index contributed by atoms with van der Waals surface area (Å²) < 4.78 is 13.5. The molecule has 0 radical (unpaired) electrons. The van der Waals surface area contributed by atoms with Gasteiger partial charge in [-0.05, 0) is 30.5 Å². The first-order valence-corrected chi connectivity index (χ1v) is 9.47. The molecule has 0 bridgehead atoms. The number of halogens is 1. The molecule has 5 nitrogen and oxygen atoms in total. The molecule has 2 heterocycles. The molecule has 1 aromatic heterocycles. The number of aromatic nitrogens is 3. The summed E-state index contributed by atoms with van der Waals surface area (Å²) in [5.41, 5.74) is 1.86. The number of nitrogens with one attached hydrogen (secondary N) is 1. The summed E-state index contributed by atoms with van der Waals surface area (Å²) in [6.07, 6.45) is 5.07. The molecule has 7 heteroatoms. The zero-order chi connectivity index (χ0) is 15.5. The number of nitrogens with zero attached hydrogens (tertiary/aromatic N) is 3. The Balaban J connectivity index is 1.73. The Hall–Kier alpha value is -1.40. The minimum Gasteiger partial charge on any atom is -0.377 e. The first-order valence-electron chi connectivity index (χ1n) is 7.37. The molecule has 3 rings (SSSR count). The summed E-state index contributed by atoms with van der Waals surface area (Å²) in [6.45, 7) is 1.58. The molecule has 0 aliphatic carbocycles. The van der Waals surface area contributed by atoms with Crippen LogP contribution in [-0.2, 0) is 36.1 Å². The largest absolute Gasteiger partial charge is 0.377 e. The predicted octanol–water partition coefficient (Wildman–Crippen LogP) is 2.76. The van der Waals surface area contributed by atoms with Gasteiger partial charge in [0, 0.05) is 35.8 Å². The molecule has 22 heavy (non-hydrogen) atoms. The van der Waals surface area contributed by atoms with E-state index in [4.69, 9.17) is 11.6 Å². The molecule has 0 saturated carbocycles. The van der Waals surface area contributed by atoms with Crippen molar-refractivity contribution in [3.8, 4) is 0 Å². The van der Waals surface area contributed by atoms with E-state index in [-0.39, 0.29) is 0 Å². The van der Waals surface area contributed by atoms with Crippen LogP contribution < -0.4 is 5.32 Å². The van der Waals surface area contributed by atoms with Gasteiger partial charge in [-0.1, -0.05) is 17.7 Å². The highest BCUT2D eigenvalue weighted by molar-refractivity contribution is 7.83. The van der Waals surface area contributed by atoms with E-state index in [1.165, 1.54) is 12.8 Å². The minimum atomic E-state index is -0.864. The van der Waals surface area contributed by atoms with Crippen LogP contribution in [-0.4, -0.2) is 25.2 Å². The van der Waals surface area contributed by atoms with Crippen LogP contribution in [0, 0.1) is 0 Å². The molecule has 0 amide bonds. The van der Waals surface area contributed by atoms with Gasteiger partial charge in [0.25, 0.3) is 0 Å². The number of fused-ring (bicyclic) bond motifs is 1. The van der Waals surface area contributed by atoms with Gasteiger partial charge in [0.15, 0.2) is 5.82 Å². The van der Waals surface area contributed by atoms with E-state index in [0.717, 1.165) is 35.9 Å². The van der Waals surface area contributed by atoms with E-state index in [9.17, 15) is 4.21 Å². The minimum absolute atomic E-state index is 0.534. The van der Waals surface area contributed by atoms with Gasteiger partial charge in [-0.3, -0.25) is 4.21 Å². The van der Waals surface area contributed by atoms with Crippen LogP contribution in [0.25, 0.3) is 0 Å². The van der Waals surface area contributed by atoms with Crippen molar-refractivity contribution in [2.45, 2.75) is 38.1 Å². The van der Waals surface area contributed by atoms with Crippen LogP contribution in [0.5, 0.6) is 0 Å². The number of aryl methyl sites for hydroxylation is 1. The summed E-state index contributed by atoms with van der Waals surface area (Å²) in [6, 6.07) is 5.70. The molecule has 1 unspecified atom stereocenters. The highest BCUT2D eigenvalue weighted by Crippen LogP contribution is 2.24. The summed E-state index contributed by atoms with van der Waals surface area (Å²) in [7, 11) is -0.864. The highest BCUT2D eigenvalue weighted by atomic mass is 35.5.